The van der Waals surface area contributed by atoms with E-state index >= 15 is 0 Å². The molecule has 66 valence electrons. The van der Waals surface area contributed by atoms with Crippen LogP contribution in [0, 0.1) is 5.92 Å². The minimum absolute atomic E-state index is 0.00292. The Bertz CT molecular complexity index is 214. The molecule has 0 bridgehead atoms. The summed E-state index contributed by atoms with van der Waals surface area (Å²) in [5, 5.41) is 0. The minimum Gasteiger partial charge on any atom is -0.431 e. The molecule has 0 aromatic carbocycles. The number of carbonyl (C=O) groups is 1. The van der Waals surface area contributed by atoms with Gasteiger partial charge in [0, 0.05) is 6.42 Å². The molecule has 12 heavy (non-hydrogen) atoms. The number of esters is 1. The Morgan fingerprint density at radius 3 is 2.83 bits per heavy atom. The van der Waals surface area contributed by atoms with Crippen molar-refractivity contribution in [2.45, 2.75) is 38.5 Å². The van der Waals surface area contributed by atoms with Crippen molar-refractivity contribution in [1.82, 2.24) is 0 Å². The molecule has 0 aliphatic heterocycles. The first-order valence-corrected chi connectivity index (χ1v) is 4.77. The van der Waals surface area contributed by atoms with E-state index in [1.807, 2.05) is 0 Å². The molecule has 0 N–H and O–H groups in total. The molecule has 2 rings (SSSR count). The average Bonchev–Trinajstić information content (AvgIpc) is 2.88. The maximum absolute atomic E-state index is 11.2. The highest BCUT2D eigenvalue weighted by Crippen LogP contribution is 2.31. The zero-order valence-electron chi connectivity index (χ0n) is 7.21. The van der Waals surface area contributed by atoms with Crippen molar-refractivity contribution in [2.75, 3.05) is 0 Å². The summed E-state index contributed by atoms with van der Waals surface area (Å²) in [4.78, 5) is 11.2. The third-order valence-electron chi connectivity index (χ3n) is 2.39. The molecule has 2 aliphatic rings. The average molecular weight is 166 g/mol. The second-order valence-electron chi connectivity index (χ2n) is 3.61. The second kappa shape index (κ2) is 3.30. The lowest BCUT2D eigenvalue weighted by atomic mass is 10.1. The quantitative estimate of drug-likeness (QED) is 0.589. The van der Waals surface area contributed by atoms with Crippen molar-refractivity contribution >= 4 is 5.97 Å². The predicted molar refractivity (Wildman–Crippen MR) is 45.4 cm³/mol. The maximum Gasteiger partial charge on any atom is 0.313 e. The molecule has 1 fully saturated rings. The van der Waals surface area contributed by atoms with Gasteiger partial charge in [0.25, 0.3) is 0 Å². The van der Waals surface area contributed by atoms with Crippen molar-refractivity contribution in [3.63, 3.8) is 0 Å². The Hall–Kier alpha value is -0.790. The normalized spacial score (nSPS) is 23.2. The van der Waals surface area contributed by atoms with E-state index in [1.165, 1.54) is 12.8 Å². The molecule has 2 nitrogen and oxygen atoms in total. The van der Waals surface area contributed by atoms with E-state index in [2.05, 4.69) is 6.08 Å². The third-order valence-corrected chi connectivity index (χ3v) is 2.39. The van der Waals surface area contributed by atoms with Crippen LogP contribution in [0.5, 0.6) is 0 Å². The molecule has 0 unspecified atom stereocenters. The smallest absolute Gasteiger partial charge is 0.313 e. The Balaban J connectivity index is 1.84. The molecule has 0 aromatic rings. The van der Waals surface area contributed by atoms with Crippen molar-refractivity contribution in [3.05, 3.63) is 11.8 Å². The van der Waals surface area contributed by atoms with Crippen molar-refractivity contribution in [3.8, 4) is 0 Å². The van der Waals surface area contributed by atoms with Gasteiger partial charge in [-0.15, -0.1) is 0 Å². The topological polar surface area (TPSA) is 26.3 Å². The molecule has 0 spiro atoms. The first-order valence-electron chi connectivity index (χ1n) is 4.77. The zero-order valence-corrected chi connectivity index (χ0v) is 7.21. The van der Waals surface area contributed by atoms with Crippen LogP contribution in [0.2, 0.25) is 0 Å². The standard InChI is InChI=1S/C10H14O2/c11-10(8-6-7-8)12-9-4-2-1-3-5-9/h4,8H,1-3,5-7H2. The molecule has 2 aliphatic carbocycles. The van der Waals surface area contributed by atoms with Gasteiger partial charge in [-0.05, 0) is 38.2 Å². The van der Waals surface area contributed by atoms with Gasteiger partial charge in [0.1, 0.15) is 5.76 Å². The number of allylic oxidation sites excluding steroid dienone is 2. The van der Waals surface area contributed by atoms with Gasteiger partial charge in [0.15, 0.2) is 0 Å². The van der Waals surface area contributed by atoms with Gasteiger partial charge in [-0.3, -0.25) is 4.79 Å². The van der Waals surface area contributed by atoms with Gasteiger partial charge in [-0.25, -0.2) is 0 Å². The van der Waals surface area contributed by atoms with Gasteiger partial charge in [-0.2, -0.15) is 0 Å². The molecule has 0 atom stereocenters. The summed E-state index contributed by atoms with van der Waals surface area (Å²) in [6.07, 6.45) is 8.57. The molecule has 0 heterocycles. The zero-order chi connectivity index (χ0) is 8.39. The number of hydrogen-bond donors (Lipinski definition) is 0. The first kappa shape index (κ1) is 7.84. The highest BCUT2D eigenvalue weighted by molar-refractivity contribution is 5.75. The Morgan fingerprint density at radius 2 is 2.25 bits per heavy atom. The predicted octanol–water partition coefficient (Wildman–Crippen LogP) is 2.40. The van der Waals surface area contributed by atoms with Gasteiger partial charge in [0.2, 0.25) is 0 Å². The Morgan fingerprint density at radius 1 is 1.42 bits per heavy atom. The van der Waals surface area contributed by atoms with Crippen LogP contribution in [0.15, 0.2) is 11.8 Å². The van der Waals surface area contributed by atoms with E-state index in [0.717, 1.165) is 31.4 Å². The Labute approximate surface area is 72.6 Å². The van der Waals surface area contributed by atoms with Crippen LogP contribution in [0.4, 0.5) is 0 Å². The number of carbonyl (C=O) groups excluding carboxylic acids is 1. The monoisotopic (exact) mass is 166 g/mol. The van der Waals surface area contributed by atoms with Gasteiger partial charge >= 0.3 is 5.97 Å². The van der Waals surface area contributed by atoms with Crippen LogP contribution in [0.25, 0.3) is 0 Å². The van der Waals surface area contributed by atoms with E-state index in [-0.39, 0.29) is 11.9 Å². The largest absolute Gasteiger partial charge is 0.431 e. The summed E-state index contributed by atoms with van der Waals surface area (Å²) < 4.78 is 5.24. The number of rotatable bonds is 2. The van der Waals surface area contributed by atoms with E-state index in [4.69, 9.17) is 4.74 Å². The summed E-state index contributed by atoms with van der Waals surface area (Å²) in [6, 6.07) is 0. The molecule has 0 saturated heterocycles. The van der Waals surface area contributed by atoms with E-state index in [1.54, 1.807) is 0 Å². The van der Waals surface area contributed by atoms with Crippen molar-refractivity contribution in [2.24, 2.45) is 5.92 Å². The molecular formula is C10H14O2. The number of hydrogen-bond acceptors (Lipinski definition) is 2. The summed E-state index contributed by atoms with van der Waals surface area (Å²) in [5.74, 6) is 1.15. The van der Waals surface area contributed by atoms with Crippen LogP contribution < -0.4 is 0 Å². The van der Waals surface area contributed by atoms with Crippen LogP contribution >= 0.6 is 0 Å². The summed E-state index contributed by atoms with van der Waals surface area (Å²) in [5.41, 5.74) is 0. The van der Waals surface area contributed by atoms with Crippen molar-refractivity contribution < 1.29 is 9.53 Å². The SMILES string of the molecule is O=C(OC1=CCCCC1)C1CC1. The fraction of sp³-hybridized carbons (Fsp3) is 0.700. The second-order valence-corrected chi connectivity index (χ2v) is 3.61. The fourth-order valence-electron chi connectivity index (χ4n) is 1.43. The van der Waals surface area contributed by atoms with E-state index in [0.29, 0.717) is 0 Å². The molecule has 1 saturated carbocycles. The molecule has 0 aromatic heterocycles. The van der Waals surface area contributed by atoms with Crippen LogP contribution in [-0.4, -0.2) is 5.97 Å². The third kappa shape index (κ3) is 1.87. The molecule has 0 radical (unpaired) electrons. The van der Waals surface area contributed by atoms with E-state index in [9.17, 15) is 4.79 Å². The highest BCUT2D eigenvalue weighted by Gasteiger charge is 2.31. The maximum atomic E-state index is 11.2. The lowest BCUT2D eigenvalue weighted by molar-refractivity contribution is -0.141. The van der Waals surface area contributed by atoms with E-state index < -0.39 is 0 Å². The van der Waals surface area contributed by atoms with Crippen LogP contribution in [0.3, 0.4) is 0 Å². The summed E-state index contributed by atoms with van der Waals surface area (Å²) >= 11 is 0. The first-order chi connectivity index (χ1) is 5.86. The van der Waals surface area contributed by atoms with Crippen LogP contribution in [0.1, 0.15) is 38.5 Å². The minimum atomic E-state index is 0.00292. The molecule has 0 amide bonds. The van der Waals surface area contributed by atoms with Gasteiger partial charge < -0.3 is 4.74 Å². The lowest BCUT2D eigenvalue weighted by Gasteiger charge is -2.12. The van der Waals surface area contributed by atoms with Crippen molar-refractivity contribution in [1.29, 1.82) is 0 Å². The van der Waals surface area contributed by atoms with Crippen LogP contribution in [-0.2, 0) is 9.53 Å². The summed E-state index contributed by atoms with van der Waals surface area (Å²) in [6.45, 7) is 0. The van der Waals surface area contributed by atoms with Gasteiger partial charge in [-0.1, -0.05) is 0 Å². The molecule has 2 heteroatoms. The molecular weight excluding hydrogens is 152 g/mol. The summed E-state index contributed by atoms with van der Waals surface area (Å²) in [7, 11) is 0. The number of ether oxygens (including phenoxy) is 1. The van der Waals surface area contributed by atoms with Gasteiger partial charge in [0.05, 0.1) is 5.92 Å². The fourth-order valence-corrected chi connectivity index (χ4v) is 1.43. The Kier molecular flexibility index (Phi) is 2.15. The lowest BCUT2D eigenvalue weighted by Crippen LogP contribution is -2.07. The highest BCUT2D eigenvalue weighted by atomic mass is 16.5.